The molecule has 3 N–H and O–H groups in total. The third-order valence-electron chi connectivity index (χ3n) is 6.35. The number of piperidine rings is 1. The summed E-state index contributed by atoms with van der Waals surface area (Å²) >= 11 is 0. The molecule has 35 heavy (non-hydrogen) atoms. The molecule has 0 bridgehead atoms. The molecule has 4 rings (SSSR count). The molecule has 1 fully saturated rings. The summed E-state index contributed by atoms with van der Waals surface area (Å²) in [7, 11) is 0. The Labute approximate surface area is 203 Å². The number of nitrogens with zero attached hydrogens (tertiary/aromatic N) is 1. The molecule has 0 saturated carbocycles. The summed E-state index contributed by atoms with van der Waals surface area (Å²) in [6, 6.07) is 13.2. The number of carbonyl (C=O) groups excluding carboxylic acids is 5. The molecule has 0 spiro atoms. The number of rotatable bonds is 8. The van der Waals surface area contributed by atoms with Crippen LogP contribution in [0.3, 0.4) is 0 Å². The van der Waals surface area contributed by atoms with Crippen molar-refractivity contribution >= 4 is 35.2 Å². The molecule has 2 aromatic carbocycles. The molecule has 2 aromatic rings. The monoisotopic (exact) mass is 476 g/mol. The number of fused-ring (bicyclic) bond motifs is 1. The van der Waals surface area contributed by atoms with E-state index < -0.39 is 18.0 Å². The minimum atomic E-state index is -0.689. The number of carbonyl (C=O) groups is 5. The lowest BCUT2D eigenvalue weighted by Gasteiger charge is -2.29. The Morgan fingerprint density at radius 2 is 1.86 bits per heavy atom. The van der Waals surface area contributed by atoms with Crippen LogP contribution >= 0.6 is 0 Å². The zero-order chi connectivity index (χ0) is 24.9. The van der Waals surface area contributed by atoms with Gasteiger partial charge in [0, 0.05) is 31.1 Å². The van der Waals surface area contributed by atoms with Gasteiger partial charge in [-0.2, -0.15) is 0 Å². The van der Waals surface area contributed by atoms with Gasteiger partial charge in [-0.3, -0.25) is 29.3 Å². The number of amides is 5. The molecular formula is C26H28N4O5. The van der Waals surface area contributed by atoms with Gasteiger partial charge in [-0.25, -0.2) is 0 Å². The molecule has 2 atom stereocenters. The number of benzene rings is 2. The first-order valence-corrected chi connectivity index (χ1v) is 11.7. The second-order valence-corrected chi connectivity index (χ2v) is 8.84. The Balaban J connectivity index is 1.41. The topological polar surface area (TPSA) is 125 Å². The van der Waals surface area contributed by atoms with Gasteiger partial charge in [-0.1, -0.05) is 30.3 Å². The van der Waals surface area contributed by atoms with Crippen molar-refractivity contribution in [2.24, 2.45) is 0 Å². The largest absolute Gasteiger partial charge is 0.345 e. The highest BCUT2D eigenvalue weighted by Gasteiger charge is 2.39. The molecule has 2 aliphatic rings. The number of aryl methyl sites for hydroxylation is 1. The fraction of sp³-hybridized carbons (Fsp3) is 0.346. The van der Waals surface area contributed by atoms with Crippen LogP contribution in [0.2, 0.25) is 0 Å². The molecule has 1 unspecified atom stereocenters. The molecule has 9 heteroatoms. The highest BCUT2D eigenvalue weighted by atomic mass is 16.2. The number of hydrogen-bond acceptors (Lipinski definition) is 5. The Bertz CT molecular complexity index is 1160. The van der Waals surface area contributed by atoms with Crippen LogP contribution in [-0.2, 0) is 32.1 Å². The highest BCUT2D eigenvalue weighted by molar-refractivity contribution is 6.05. The van der Waals surface area contributed by atoms with Crippen LogP contribution < -0.4 is 16.0 Å². The van der Waals surface area contributed by atoms with E-state index in [1.165, 1.54) is 11.8 Å². The van der Waals surface area contributed by atoms with E-state index in [1.54, 1.807) is 18.2 Å². The molecule has 0 aliphatic carbocycles. The summed E-state index contributed by atoms with van der Waals surface area (Å²) in [5.41, 5.74) is 3.05. The number of hydrogen-bond donors (Lipinski definition) is 3. The van der Waals surface area contributed by atoms with Gasteiger partial charge in [0.1, 0.15) is 12.1 Å². The number of imide groups is 1. The first-order chi connectivity index (χ1) is 16.8. The van der Waals surface area contributed by atoms with Crippen LogP contribution in [0, 0.1) is 0 Å². The summed E-state index contributed by atoms with van der Waals surface area (Å²) < 4.78 is 0. The second kappa shape index (κ2) is 10.5. The fourth-order valence-corrected chi connectivity index (χ4v) is 4.65. The second-order valence-electron chi connectivity index (χ2n) is 8.84. The summed E-state index contributed by atoms with van der Waals surface area (Å²) in [5.74, 6) is -1.55. The predicted octanol–water partition coefficient (Wildman–Crippen LogP) is 1.91. The zero-order valence-corrected chi connectivity index (χ0v) is 19.5. The third-order valence-corrected chi connectivity index (χ3v) is 6.35. The standard InChI is InChI=1S/C26H28N4O5/c1-16(31)27-21(24(33)28-18-9-3-2-4-10-18)12-6-8-17-7-5-11-19-20(17)15-30(26(19)35)22-13-14-23(32)29-25(22)34/h2-5,7,9-11,21-22H,6,8,12-15H2,1H3,(H,27,31)(H,28,33)(H,29,32,34)/t21-,22?/m0/s1. The predicted molar refractivity (Wildman–Crippen MR) is 128 cm³/mol. The Morgan fingerprint density at radius 3 is 2.57 bits per heavy atom. The van der Waals surface area contributed by atoms with Crippen molar-refractivity contribution in [3.05, 3.63) is 65.2 Å². The molecule has 1 saturated heterocycles. The van der Waals surface area contributed by atoms with Crippen LogP contribution in [0.25, 0.3) is 0 Å². The van der Waals surface area contributed by atoms with Crippen molar-refractivity contribution in [1.29, 1.82) is 0 Å². The first-order valence-electron chi connectivity index (χ1n) is 11.7. The van der Waals surface area contributed by atoms with Gasteiger partial charge in [0.25, 0.3) is 5.91 Å². The average molecular weight is 477 g/mol. The zero-order valence-electron chi connectivity index (χ0n) is 19.5. The van der Waals surface area contributed by atoms with Crippen molar-refractivity contribution in [2.75, 3.05) is 5.32 Å². The van der Waals surface area contributed by atoms with E-state index in [9.17, 15) is 24.0 Å². The summed E-state index contributed by atoms with van der Waals surface area (Å²) in [4.78, 5) is 62.8. The summed E-state index contributed by atoms with van der Waals surface area (Å²) in [5, 5.41) is 7.86. The minimum Gasteiger partial charge on any atom is -0.345 e. The SMILES string of the molecule is CC(=O)N[C@@H](CCCc1cccc2c1CN(C1CCC(=O)NC1=O)C2=O)C(=O)Nc1ccccc1. The fourth-order valence-electron chi connectivity index (χ4n) is 4.65. The molecule has 0 aromatic heterocycles. The lowest BCUT2D eigenvalue weighted by molar-refractivity contribution is -0.137. The molecule has 5 amide bonds. The van der Waals surface area contributed by atoms with Crippen molar-refractivity contribution in [1.82, 2.24) is 15.5 Å². The lowest BCUT2D eigenvalue weighted by atomic mass is 9.97. The van der Waals surface area contributed by atoms with Crippen molar-refractivity contribution in [2.45, 2.75) is 57.7 Å². The smallest absolute Gasteiger partial charge is 0.255 e. The number of para-hydroxylation sites is 1. The maximum absolute atomic E-state index is 13.0. The maximum atomic E-state index is 13.0. The molecule has 182 valence electrons. The molecule has 0 radical (unpaired) electrons. The molecular weight excluding hydrogens is 448 g/mol. The van der Waals surface area contributed by atoms with Gasteiger partial charge in [0.05, 0.1) is 0 Å². The highest BCUT2D eigenvalue weighted by Crippen LogP contribution is 2.30. The van der Waals surface area contributed by atoms with Gasteiger partial charge in [-0.15, -0.1) is 0 Å². The van der Waals surface area contributed by atoms with Crippen LogP contribution in [0.4, 0.5) is 5.69 Å². The normalized spacial score (nSPS) is 18.0. The Morgan fingerprint density at radius 1 is 1.09 bits per heavy atom. The molecule has 2 aliphatic heterocycles. The van der Waals surface area contributed by atoms with E-state index in [2.05, 4.69) is 16.0 Å². The first kappa shape index (κ1) is 24.1. The summed E-state index contributed by atoms with van der Waals surface area (Å²) in [6.45, 7) is 1.68. The minimum absolute atomic E-state index is 0.207. The van der Waals surface area contributed by atoms with Crippen LogP contribution in [0.1, 0.15) is 54.1 Å². The van der Waals surface area contributed by atoms with E-state index in [1.807, 2.05) is 30.3 Å². The van der Waals surface area contributed by atoms with Crippen molar-refractivity contribution in [3.8, 4) is 0 Å². The average Bonchev–Trinajstić information content (AvgIpc) is 3.16. The Kier molecular flexibility index (Phi) is 7.24. The van der Waals surface area contributed by atoms with Crippen LogP contribution in [0.5, 0.6) is 0 Å². The van der Waals surface area contributed by atoms with E-state index >= 15 is 0 Å². The van der Waals surface area contributed by atoms with Crippen LogP contribution in [0.15, 0.2) is 48.5 Å². The Hall–Kier alpha value is -4.01. The van der Waals surface area contributed by atoms with E-state index in [0.29, 0.717) is 43.5 Å². The van der Waals surface area contributed by atoms with Gasteiger partial charge in [-0.05, 0) is 55.0 Å². The molecule has 2 heterocycles. The number of nitrogens with one attached hydrogen (secondary N) is 3. The van der Waals surface area contributed by atoms with Gasteiger partial charge in [0.15, 0.2) is 0 Å². The van der Waals surface area contributed by atoms with Crippen molar-refractivity contribution in [3.63, 3.8) is 0 Å². The quantitative estimate of drug-likeness (QED) is 0.502. The lowest BCUT2D eigenvalue weighted by Crippen LogP contribution is -2.52. The van der Waals surface area contributed by atoms with E-state index in [-0.39, 0.29) is 30.0 Å². The molecule has 9 nitrogen and oxygen atoms in total. The van der Waals surface area contributed by atoms with Crippen molar-refractivity contribution < 1.29 is 24.0 Å². The number of anilines is 1. The van der Waals surface area contributed by atoms with E-state index in [0.717, 1.165) is 11.1 Å². The third kappa shape index (κ3) is 5.56. The summed E-state index contributed by atoms with van der Waals surface area (Å²) in [6.07, 6.45) is 2.16. The van der Waals surface area contributed by atoms with Gasteiger partial charge < -0.3 is 15.5 Å². The van der Waals surface area contributed by atoms with Gasteiger partial charge >= 0.3 is 0 Å². The van der Waals surface area contributed by atoms with Gasteiger partial charge in [0.2, 0.25) is 23.6 Å². The maximum Gasteiger partial charge on any atom is 0.255 e. The van der Waals surface area contributed by atoms with E-state index in [4.69, 9.17) is 0 Å². The van der Waals surface area contributed by atoms with Crippen LogP contribution in [-0.4, -0.2) is 46.5 Å².